The van der Waals surface area contributed by atoms with Gasteiger partial charge in [-0.1, -0.05) is 37.0 Å². The van der Waals surface area contributed by atoms with Crippen LogP contribution in [0, 0.1) is 22.9 Å². The van der Waals surface area contributed by atoms with Crippen molar-refractivity contribution in [2.24, 2.45) is 0 Å². The van der Waals surface area contributed by atoms with Crippen molar-refractivity contribution in [3.8, 4) is 22.9 Å². The zero-order valence-corrected chi connectivity index (χ0v) is 15.4. The van der Waals surface area contributed by atoms with Crippen LogP contribution in [0.3, 0.4) is 0 Å². The van der Waals surface area contributed by atoms with Crippen LogP contribution in [-0.2, 0) is 0 Å². The second-order valence-electron chi connectivity index (χ2n) is 6.83. The van der Waals surface area contributed by atoms with Gasteiger partial charge in [-0.3, -0.25) is 0 Å². The van der Waals surface area contributed by atoms with E-state index in [1.54, 1.807) is 0 Å². The third kappa shape index (κ3) is 7.69. The highest BCUT2D eigenvalue weighted by molar-refractivity contribution is 6.83. The van der Waals surface area contributed by atoms with Gasteiger partial charge in [0.2, 0.25) is 0 Å². The van der Waals surface area contributed by atoms with E-state index in [9.17, 15) is 0 Å². The molecule has 0 radical (unpaired) electrons. The Bertz CT molecular complexity index is 537. The van der Waals surface area contributed by atoms with E-state index in [4.69, 9.17) is 0 Å². The summed E-state index contributed by atoms with van der Waals surface area (Å²) in [4.78, 5) is 0. The zero-order chi connectivity index (χ0) is 14.5. The van der Waals surface area contributed by atoms with Gasteiger partial charge in [-0.2, -0.15) is 0 Å². The molecule has 0 heterocycles. The normalized spacial score (nSPS) is 11.7. The van der Waals surface area contributed by atoms with Crippen molar-refractivity contribution in [2.45, 2.75) is 19.6 Å². The average Bonchev–Trinajstić information content (AvgIpc) is 2.25. The molecule has 0 fully saturated rings. The van der Waals surface area contributed by atoms with Crippen molar-refractivity contribution in [2.75, 3.05) is 21.1 Å². The molecule has 1 rings (SSSR count). The van der Waals surface area contributed by atoms with Crippen molar-refractivity contribution < 1.29 is 4.15 Å². The van der Waals surface area contributed by atoms with Gasteiger partial charge < -0.3 is 4.15 Å². The van der Waals surface area contributed by atoms with Crippen LogP contribution in [0.4, 0.5) is 0 Å². The lowest BCUT2D eigenvalue weighted by molar-refractivity contribution is -0.753. The predicted molar refractivity (Wildman–Crippen MR) is 90.1 cm³/mol. The topological polar surface area (TPSA) is 0 Å². The molecule has 0 unspecified atom stereocenters. The molecule has 0 bridgehead atoms. The smallest absolute Gasteiger partial charge is 0.335 e. The Hall–Kier alpha value is -1.27. The molecule has 0 saturated heterocycles. The maximum Gasteiger partial charge on any atom is 0.335 e. The number of benzene rings is 1. The maximum absolute atomic E-state index is 3.38. The molecule has 0 saturated carbocycles. The molecule has 3 heteroatoms. The van der Waals surface area contributed by atoms with Crippen molar-refractivity contribution in [3.63, 3.8) is 0 Å². The highest BCUT2D eigenvalue weighted by atomic mass is 28.3. The number of rotatable bonds is 1. The Labute approximate surface area is 121 Å². The van der Waals surface area contributed by atoms with E-state index in [-0.39, 0.29) is 9.68 Å². The van der Waals surface area contributed by atoms with Crippen LogP contribution in [-0.4, -0.2) is 43.0 Å². The highest BCUT2D eigenvalue weighted by Gasteiger charge is 2.07. The molecule has 0 atom stereocenters. The Balaban J connectivity index is 2.74. The van der Waals surface area contributed by atoms with Gasteiger partial charge in [-0.15, -0.1) is 5.54 Å². The molecule has 0 amide bonds. The summed E-state index contributed by atoms with van der Waals surface area (Å²) in [7, 11) is 4.95. The molecule has 0 aliphatic carbocycles. The Morgan fingerprint density at radius 1 is 0.895 bits per heavy atom. The third-order valence-corrected chi connectivity index (χ3v) is 4.41. The molecule has 0 N–H and O–H groups in total. The van der Waals surface area contributed by atoms with E-state index in [2.05, 4.69) is 88.0 Å². The van der Waals surface area contributed by atoms with Crippen LogP contribution >= 0.6 is 0 Å². The predicted octanol–water partition coefficient (Wildman–Crippen LogP) is 2.01. The van der Waals surface area contributed by atoms with E-state index in [1.807, 2.05) is 0 Å². The molecule has 1 aromatic carbocycles. The molecular formula is C16H24NSi2+. The number of nitrogens with zero attached hydrogens (tertiary/aromatic N) is 1. The first-order chi connectivity index (χ1) is 8.66. The molecule has 0 aliphatic heterocycles. The Morgan fingerprint density at radius 3 is 1.79 bits per heavy atom. The zero-order valence-electron chi connectivity index (χ0n) is 13.0. The molecule has 0 spiro atoms. The van der Waals surface area contributed by atoms with Gasteiger partial charge in [-0.05, 0) is 24.3 Å². The summed E-state index contributed by atoms with van der Waals surface area (Å²) in [5, 5.41) is 0. The van der Waals surface area contributed by atoms with E-state index in [0.717, 1.165) is 15.3 Å². The lowest BCUT2D eigenvalue weighted by Crippen LogP contribution is -2.37. The molecular weight excluding hydrogens is 262 g/mol. The van der Waals surface area contributed by atoms with Crippen LogP contribution in [0.25, 0.3) is 0 Å². The standard InChI is InChI=1S/C16H24NSi2/c1-17(2,3)18-13-11-15-7-9-16(10-8-15)12-14-19(4,5)6/h7-10H,18H2,1-6H3/q+1. The van der Waals surface area contributed by atoms with Gasteiger partial charge in [0.05, 0.1) is 21.1 Å². The SMILES string of the molecule is C[N+](C)(C)[SiH2]C#Cc1ccc(C#C[Si](C)(C)C)cc1. The Kier molecular flexibility index (Phi) is 5.20. The van der Waals surface area contributed by atoms with Crippen molar-refractivity contribution >= 4 is 17.8 Å². The monoisotopic (exact) mass is 286 g/mol. The minimum Gasteiger partial charge on any atom is -0.386 e. The van der Waals surface area contributed by atoms with Crippen molar-refractivity contribution in [1.29, 1.82) is 0 Å². The van der Waals surface area contributed by atoms with E-state index in [0.29, 0.717) is 0 Å². The molecule has 1 nitrogen and oxygen atoms in total. The van der Waals surface area contributed by atoms with Crippen LogP contribution in [0.5, 0.6) is 0 Å². The van der Waals surface area contributed by atoms with Crippen molar-refractivity contribution in [1.82, 2.24) is 0 Å². The van der Waals surface area contributed by atoms with E-state index in [1.165, 1.54) is 0 Å². The van der Waals surface area contributed by atoms with Gasteiger partial charge >= 0.3 is 9.68 Å². The first kappa shape index (κ1) is 15.8. The van der Waals surface area contributed by atoms with Gasteiger partial charge in [0, 0.05) is 11.1 Å². The highest BCUT2D eigenvalue weighted by Crippen LogP contribution is 2.03. The minimum absolute atomic E-state index is 0.378. The van der Waals surface area contributed by atoms with Crippen molar-refractivity contribution in [3.05, 3.63) is 35.4 Å². The number of quaternary nitrogens is 1. The lowest BCUT2D eigenvalue weighted by Gasteiger charge is -2.21. The Morgan fingerprint density at radius 2 is 1.37 bits per heavy atom. The summed E-state index contributed by atoms with van der Waals surface area (Å²) in [5.41, 5.74) is 8.92. The first-order valence-electron chi connectivity index (χ1n) is 6.58. The number of hydrogen-bond donors (Lipinski definition) is 0. The fourth-order valence-electron chi connectivity index (χ4n) is 1.28. The third-order valence-electron chi connectivity index (χ3n) is 2.25. The molecule has 0 aliphatic rings. The van der Waals surface area contributed by atoms with Crippen LogP contribution < -0.4 is 0 Å². The van der Waals surface area contributed by atoms with E-state index >= 15 is 0 Å². The minimum atomic E-state index is -1.28. The molecule has 19 heavy (non-hydrogen) atoms. The van der Waals surface area contributed by atoms with Crippen LogP contribution in [0.2, 0.25) is 19.6 Å². The summed E-state index contributed by atoms with van der Waals surface area (Å²) in [6.07, 6.45) is 0. The van der Waals surface area contributed by atoms with Gasteiger partial charge in [-0.25, -0.2) is 0 Å². The summed E-state index contributed by atoms with van der Waals surface area (Å²) in [6, 6.07) is 8.30. The number of hydrogen-bond acceptors (Lipinski definition) is 0. The van der Waals surface area contributed by atoms with Gasteiger partial charge in [0.25, 0.3) is 0 Å². The first-order valence-corrected chi connectivity index (χ1v) is 11.4. The van der Waals surface area contributed by atoms with E-state index < -0.39 is 8.07 Å². The van der Waals surface area contributed by atoms with Crippen LogP contribution in [0.15, 0.2) is 24.3 Å². The second kappa shape index (κ2) is 6.26. The second-order valence-corrected chi connectivity index (χ2v) is 14.1. The van der Waals surface area contributed by atoms with Crippen LogP contribution in [0.1, 0.15) is 11.1 Å². The lowest BCUT2D eigenvalue weighted by atomic mass is 10.1. The summed E-state index contributed by atoms with van der Waals surface area (Å²) < 4.78 is 1.01. The average molecular weight is 287 g/mol. The van der Waals surface area contributed by atoms with Gasteiger partial charge in [0.1, 0.15) is 8.07 Å². The summed E-state index contributed by atoms with van der Waals surface area (Å²) in [5.74, 6) is 6.52. The summed E-state index contributed by atoms with van der Waals surface area (Å²) >= 11 is 0. The molecule has 100 valence electrons. The summed E-state index contributed by atoms with van der Waals surface area (Å²) in [6.45, 7) is 6.78. The maximum atomic E-state index is 3.38. The fraction of sp³-hybridized carbons (Fsp3) is 0.375. The van der Waals surface area contributed by atoms with Gasteiger partial charge in [0.15, 0.2) is 0 Å². The molecule has 1 aromatic rings. The fourth-order valence-corrected chi connectivity index (χ4v) is 2.55. The quantitative estimate of drug-likeness (QED) is 0.547. The largest absolute Gasteiger partial charge is 0.386 e. The molecule has 0 aromatic heterocycles.